The Labute approximate surface area is 99.8 Å². The van der Waals surface area contributed by atoms with E-state index in [0.717, 1.165) is 19.3 Å². The Morgan fingerprint density at radius 1 is 1.38 bits per heavy atom. The number of sulfonamides is 1. The lowest BCUT2D eigenvalue weighted by molar-refractivity contribution is 0.383. The molecule has 0 radical (unpaired) electrons. The van der Waals surface area contributed by atoms with Gasteiger partial charge in [-0.15, -0.1) is 0 Å². The molecule has 16 heavy (non-hydrogen) atoms. The molecule has 6 heteroatoms. The van der Waals surface area contributed by atoms with Crippen LogP contribution in [-0.4, -0.2) is 14.5 Å². The molecule has 4 nitrogen and oxygen atoms in total. The number of nitrogens with one attached hydrogen (secondary N) is 1. The van der Waals surface area contributed by atoms with Gasteiger partial charge in [-0.05, 0) is 31.0 Å². The van der Waals surface area contributed by atoms with Crippen molar-refractivity contribution in [3.63, 3.8) is 0 Å². The van der Waals surface area contributed by atoms with Gasteiger partial charge in [0.1, 0.15) is 4.90 Å². The average molecular weight is 261 g/mol. The Hall–Kier alpha value is -0.780. The van der Waals surface area contributed by atoms with Crippen molar-refractivity contribution in [1.29, 1.82) is 0 Å². The molecule has 0 heterocycles. The van der Waals surface area contributed by atoms with Crippen LogP contribution in [0.2, 0.25) is 5.02 Å². The molecule has 0 aliphatic heterocycles. The minimum atomic E-state index is -3.53. The normalized spacial score (nSPS) is 17.1. The van der Waals surface area contributed by atoms with Crippen molar-refractivity contribution in [3.05, 3.63) is 23.2 Å². The van der Waals surface area contributed by atoms with Crippen LogP contribution in [0.5, 0.6) is 0 Å². The summed E-state index contributed by atoms with van der Waals surface area (Å²) in [7, 11) is -3.53. The fraction of sp³-hybridized carbons (Fsp3) is 0.400. The lowest BCUT2D eigenvalue weighted by Crippen LogP contribution is -2.39. The van der Waals surface area contributed by atoms with E-state index >= 15 is 0 Å². The number of benzene rings is 1. The lowest BCUT2D eigenvalue weighted by atomic mass is 9.94. The summed E-state index contributed by atoms with van der Waals surface area (Å²) in [6.45, 7) is 0. The summed E-state index contributed by atoms with van der Waals surface area (Å²) in [6.07, 6.45) is 2.84. The van der Waals surface area contributed by atoms with E-state index in [1.165, 1.54) is 12.1 Å². The Kier molecular flexibility index (Phi) is 3.10. The topological polar surface area (TPSA) is 72.2 Å². The molecule has 88 valence electrons. The fourth-order valence-electron chi connectivity index (χ4n) is 1.55. The van der Waals surface area contributed by atoms with Gasteiger partial charge in [0.25, 0.3) is 0 Å². The summed E-state index contributed by atoms with van der Waals surface area (Å²) in [5.74, 6) is 0. The van der Waals surface area contributed by atoms with Crippen LogP contribution in [0.3, 0.4) is 0 Å². The van der Waals surface area contributed by atoms with Gasteiger partial charge in [-0.2, -0.15) is 0 Å². The van der Waals surface area contributed by atoms with E-state index in [1.54, 1.807) is 6.07 Å². The van der Waals surface area contributed by atoms with E-state index in [2.05, 4.69) is 4.72 Å². The first-order valence-corrected chi connectivity index (χ1v) is 6.92. The number of nitrogens with two attached hydrogens (primary N) is 1. The van der Waals surface area contributed by atoms with Crippen LogP contribution in [0.15, 0.2) is 23.1 Å². The van der Waals surface area contributed by atoms with Crippen molar-refractivity contribution in [2.24, 2.45) is 0 Å². The van der Waals surface area contributed by atoms with Crippen LogP contribution < -0.4 is 10.5 Å². The first-order valence-electron chi connectivity index (χ1n) is 5.06. The minimum Gasteiger partial charge on any atom is -0.398 e. The smallest absolute Gasteiger partial charge is 0.242 e. The maximum Gasteiger partial charge on any atom is 0.242 e. The lowest BCUT2D eigenvalue weighted by Gasteiger charge is -2.26. The summed E-state index contributed by atoms with van der Waals surface area (Å²) >= 11 is 5.76. The van der Waals surface area contributed by atoms with Crippen molar-refractivity contribution in [2.45, 2.75) is 30.2 Å². The third-order valence-corrected chi connectivity index (χ3v) is 4.50. The fourth-order valence-corrected chi connectivity index (χ4v) is 3.25. The van der Waals surface area contributed by atoms with Gasteiger partial charge >= 0.3 is 0 Å². The number of hydrogen-bond donors (Lipinski definition) is 2. The van der Waals surface area contributed by atoms with Crippen molar-refractivity contribution < 1.29 is 8.42 Å². The Bertz CT molecular complexity index is 498. The molecule has 0 aromatic heterocycles. The van der Waals surface area contributed by atoms with E-state index in [4.69, 9.17) is 17.3 Å². The van der Waals surface area contributed by atoms with Gasteiger partial charge in [0, 0.05) is 11.1 Å². The highest BCUT2D eigenvalue weighted by Crippen LogP contribution is 2.25. The zero-order chi connectivity index (χ0) is 11.8. The van der Waals surface area contributed by atoms with Gasteiger partial charge in [-0.3, -0.25) is 0 Å². The van der Waals surface area contributed by atoms with Crippen LogP contribution in [0, 0.1) is 0 Å². The van der Waals surface area contributed by atoms with Crippen LogP contribution in [0.1, 0.15) is 19.3 Å². The third kappa shape index (κ3) is 2.31. The molecule has 0 bridgehead atoms. The number of rotatable bonds is 3. The summed E-state index contributed by atoms with van der Waals surface area (Å²) in [6, 6.07) is 4.48. The van der Waals surface area contributed by atoms with Crippen LogP contribution in [-0.2, 0) is 10.0 Å². The van der Waals surface area contributed by atoms with Crippen molar-refractivity contribution in [1.82, 2.24) is 4.72 Å². The molecule has 1 aliphatic carbocycles. The number of anilines is 1. The van der Waals surface area contributed by atoms with Crippen molar-refractivity contribution in [3.8, 4) is 0 Å². The second-order valence-electron chi connectivity index (χ2n) is 3.93. The molecule has 0 amide bonds. The van der Waals surface area contributed by atoms with Crippen LogP contribution in [0.4, 0.5) is 5.69 Å². The Morgan fingerprint density at radius 2 is 2.06 bits per heavy atom. The predicted octanol–water partition coefficient (Wildman–Crippen LogP) is 1.75. The van der Waals surface area contributed by atoms with Crippen LogP contribution >= 0.6 is 11.6 Å². The summed E-state index contributed by atoms with van der Waals surface area (Å²) in [4.78, 5) is 0.0619. The second kappa shape index (κ2) is 4.24. The second-order valence-corrected chi connectivity index (χ2v) is 6.05. The number of hydrogen-bond acceptors (Lipinski definition) is 3. The summed E-state index contributed by atoms with van der Waals surface area (Å²) in [5, 5.41) is 0.364. The molecule has 1 aromatic rings. The molecule has 0 unspecified atom stereocenters. The molecule has 2 rings (SSSR count). The van der Waals surface area contributed by atoms with Gasteiger partial charge in [-0.25, -0.2) is 13.1 Å². The molecule has 0 spiro atoms. The molecule has 1 fully saturated rings. The van der Waals surface area contributed by atoms with Crippen molar-refractivity contribution >= 4 is 27.3 Å². The van der Waals surface area contributed by atoms with E-state index in [1.807, 2.05) is 0 Å². The largest absolute Gasteiger partial charge is 0.398 e. The SMILES string of the molecule is Nc1ccc(Cl)cc1S(=O)(=O)NC1CCC1. The molecule has 1 saturated carbocycles. The molecule has 1 aliphatic rings. The first kappa shape index (κ1) is 11.7. The quantitative estimate of drug-likeness (QED) is 0.814. The maximum absolute atomic E-state index is 12.0. The minimum absolute atomic E-state index is 0.0448. The monoisotopic (exact) mass is 260 g/mol. The third-order valence-electron chi connectivity index (χ3n) is 2.69. The summed E-state index contributed by atoms with van der Waals surface area (Å²) in [5.41, 5.74) is 5.85. The molecule has 0 saturated heterocycles. The molecular formula is C10H13ClN2O2S. The van der Waals surface area contributed by atoms with E-state index in [-0.39, 0.29) is 16.6 Å². The van der Waals surface area contributed by atoms with Crippen LogP contribution in [0.25, 0.3) is 0 Å². The Morgan fingerprint density at radius 3 is 2.62 bits per heavy atom. The maximum atomic E-state index is 12.0. The zero-order valence-corrected chi connectivity index (χ0v) is 10.2. The predicted molar refractivity (Wildman–Crippen MR) is 63.8 cm³/mol. The van der Waals surface area contributed by atoms with Gasteiger partial charge in [-0.1, -0.05) is 18.0 Å². The number of halogens is 1. The Balaban J connectivity index is 2.30. The molecule has 1 aromatic carbocycles. The van der Waals surface area contributed by atoms with Crippen molar-refractivity contribution in [2.75, 3.05) is 5.73 Å². The molecule has 3 N–H and O–H groups in total. The van der Waals surface area contributed by atoms with E-state index < -0.39 is 10.0 Å². The van der Waals surface area contributed by atoms with Gasteiger partial charge in [0.05, 0.1) is 5.69 Å². The molecular weight excluding hydrogens is 248 g/mol. The summed E-state index contributed by atoms with van der Waals surface area (Å²) < 4.78 is 26.5. The highest BCUT2D eigenvalue weighted by atomic mass is 35.5. The highest BCUT2D eigenvalue weighted by molar-refractivity contribution is 7.89. The average Bonchev–Trinajstić information content (AvgIpc) is 2.16. The number of nitrogen functional groups attached to an aromatic ring is 1. The zero-order valence-electron chi connectivity index (χ0n) is 8.61. The standard InChI is InChI=1S/C10H13ClN2O2S/c11-7-4-5-9(12)10(6-7)16(14,15)13-8-2-1-3-8/h4-6,8,13H,1-3,12H2. The molecule has 0 atom stereocenters. The van der Waals surface area contributed by atoms with E-state index in [0.29, 0.717) is 5.02 Å². The first-order chi connectivity index (χ1) is 7.49. The highest BCUT2D eigenvalue weighted by Gasteiger charge is 2.26. The van der Waals surface area contributed by atoms with Gasteiger partial charge in [0.15, 0.2) is 0 Å². The van der Waals surface area contributed by atoms with Gasteiger partial charge in [0.2, 0.25) is 10.0 Å². The van der Waals surface area contributed by atoms with E-state index in [9.17, 15) is 8.42 Å². The van der Waals surface area contributed by atoms with Gasteiger partial charge < -0.3 is 5.73 Å².